The Hall–Kier alpha value is -6.28. The molecule has 5 N–H and O–H groups in total. The van der Waals surface area contributed by atoms with Gasteiger partial charge in [0.1, 0.15) is 17.3 Å². The minimum absolute atomic E-state index is 0.0640. The number of piperidine rings is 1. The van der Waals surface area contributed by atoms with Crippen molar-refractivity contribution in [1.29, 1.82) is 0 Å². The number of rotatable bonds is 14. The molecule has 0 aliphatic carbocycles. The summed E-state index contributed by atoms with van der Waals surface area (Å²) in [5, 5.41) is 10.1. The molecule has 4 aromatic carbocycles. The number of aromatic nitrogens is 1. The largest absolute Gasteiger partial charge is 0.457 e. The number of anilines is 1. The van der Waals surface area contributed by atoms with Crippen molar-refractivity contribution in [3.05, 3.63) is 131 Å². The molecule has 0 saturated carbocycles. The van der Waals surface area contributed by atoms with Crippen LogP contribution >= 0.6 is 0 Å². The maximum Gasteiger partial charge on any atom is 0.416 e. The highest BCUT2D eigenvalue weighted by atomic mass is 19.4. The van der Waals surface area contributed by atoms with Crippen molar-refractivity contribution >= 4 is 40.5 Å². The maximum atomic E-state index is 13.4. The molecular weight excluding hydrogens is 736 g/mol. The molecule has 57 heavy (non-hydrogen) atoms. The molecule has 1 aromatic heterocycles. The minimum atomic E-state index is -4.43. The third-order valence-electron chi connectivity index (χ3n) is 9.98. The molecule has 0 radical (unpaired) electrons. The number of nitrogens with zero attached hydrogens (tertiary/aromatic N) is 3. The van der Waals surface area contributed by atoms with Crippen molar-refractivity contribution in [3.63, 3.8) is 0 Å². The number of nitrogens with two attached hydrogens (primary N) is 1. The van der Waals surface area contributed by atoms with Crippen molar-refractivity contribution in [2.24, 2.45) is 10.7 Å². The molecule has 1 saturated heterocycles. The van der Waals surface area contributed by atoms with Gasteiger partial charge in [-0.1, -0.05) is 24.3 Å². The molecule has 0 spiro atoms. The number of likely N-dealkylation sites (tertiary alicyclic amines) is 1. The standard InChI is InChI=1S/C43H44F3N7O4/c1-27(50-42(56)31-10-15-35-30(23-31)5-3-8-39(35)57-34-13-11-32(12-14-34)43(44,45)46)37-7-4-6-33(51-37)25-53-21-18-28(19-22-53)29-9-16-36(38(24-29)48-2)41(47)52-40(55)17-20-49-26-54/h3-16,23-24,26-28,48H,17-22,25H2,1-2H3,(H,49,54)(H,50,56)(H2,47,52,55). The first kappa shape index (κ1) is 40.4. The zero-order valence-electron chi connectivity index (χ0n) is 31.6. The monoisotopic (exact) mass is 779 g/mol. The lowest BCUT2D eigenvalue weighted by Crippen LogP contribution is -2.33. The quantitative estimate of drug-likeness (QED) is 0.0396. The average molecular weight is 780 g/mol. The molecule has 6 rings (SSSR count). The van der Waals surface area contributed by atoms with Gasteiger partial charge in [0.05, 0.1) is 23.0 Å². The number of aliphatic imine (C=N–C) groups is 1. The van der Waals surface area contributed by atoms with Crippen LogP contribution in [0.4, 0.5) is 18.9 Å². The molecule has 1 unspecified atom stereocenters. The summed E-state index contributed by atoms with van der Waals surface area (Å²) < 4.78 is 44.9. The zero-order valence-corrected chi connectivity index (χ0v) is 31.6. The van der Waals surface area contributed by atoms with Gasteiger partial charge >= 0.3 is 6.18 Å². The highest BCUT2D eigenvalue weighted by Crippen LogP contribution is 2.35. The summed E-state index contributed by atoms with van der Waals surface area (Å²) in [5.41, 5.74) is 10.1. The fraction of sp³-hybridized carbons (Fsp3) is 0.279. The van der Waals surface area contributed by atoms with Crippen LogP contribution in [0.15, 0.2) is 102 Å². The predicted octanol–water partition coefficient (Wildman–Crippen LogP) is 7.33. The Morgan fingerprint density at radius 1 is 1.00 bits per heavy atom. The van der Waals surface area contributed by atoms with Crippen LogP contribution in [0.25, 0.3) is 10.8 Å². The lowest BCUT2D eigenvalue weighted by atomic mass is 9.88. The molecule has 0 bridgehead atoms. The molecule has 2 heterocycles. The number of hydrogen-bond donors (Lipinski definition) is 4. The van der Waals surface area contributed by atoms with Crippen LogP contribution in [-0.2, 0) is 22.3 Å². The summed E-state index contributed by atoms with van der Waals surface area (Å²) in [6, 6.07) is 26.5. The fourth-order valence-corrected chi connectivity index (χ4v) is 6.89. The van der Waals surface area contributed by atoms with E-state index >= 15 is 0 Å². The van der Waals surface area contributed by atoms with Crippen LogP contribution in [0.5, 0.6) is 11.5 Å². The normalized spacial score (nSPS) is 14.5. The number of nitrogens with one attached hydrogen (secondary N) is 3. The number of fused-ring (bicyclic) bond motifs is 1. The van der Waals surface area contributed by atoms with Gasteiger partial charge in [0.2, 0.25) is 12.3 Å². The van der Waals surface area contributed by atoms with E-state index in [1.165, 1.54) is 17.7 Å². The Morgan fingerprint density at radius 3 is 2.47 bits per heavy atom. The van der Waals surface area contributed by atoms with E-state index in [1.54, 1.807) is 37.4 Å². The van der Waals surface area contributed by atoms with Gasteiger partial charge in [-0.05, 0) is 123 Å². The van der Waals surface area contributed by atoms with Crippen LogP contribution in [0.2, 0.25) is 0 Å². The van der Waals surface area contributed by atoms with Gasteiger partial charge in [0.25, 0.3) is 5.91 Å². The smallest absolute Gasteiger partial charge is 0.416 e. The number of halogens is 3. The third kappa shape index (κ3) is 10.3. The van der Waals surface area contributed by atoms with Crippen LogP contribution in [0.1, 0.15) is 76.6 Å². The number of carbonyl (C=O) groups excluding carboxylic acids is 3. The highest BCUT2D eigenvalue weighted by Gasteiger charge is 2.30. The Morgan fingerprint density at radius 2 is 1.75 bits per heavy atom. The molecule has 1 aliphatic heterocycles. The number of benzene rings is 4. The summed E-state index contributed by atoms with van der Waals surface area (Å²) in [5.74, 6) is 0.517. The number of ether oxygens (including phenoxy) is 1. The van der Waals surface area contributed by atoms with Gasteiger partial charge in [0.15, 0.2) is 0 Å². The lowest BCUT2D eigenvalue weighted by molar-refractivity contribution is -0.137. The number of carbonyl (C=O) groups is 3. The number of amides is 3. The molecule has 1 aliphatic rings. The van der Waals surface area contributed by atoms with Crippen molar-refractivity contribution in [2.45, 2.75) is 50.9 Å². The fourth-order valence-electron chi connectivity index (χ4n) is 6.89. The summed E-state index contributed by atoms with van der Waals surface area (Å²) in [4.78, 5) is 47.2. The summed E-state index contributed by atoms with van der Waals surface area (Å²) in [6.45, 7) is 4.52. The van der Waals surface area contributed by atoms with Gasteiger partial charge in [-0.2, -0.15) is 18.2 Å². The van der Waals surface area contributed by atoms with E-state index in [-0.39, 0.29) is 36.5 Å². The Labute approximate surface area is 328 Å². The molecule has 296 valence electrons. The molecule has 1 atom stereocenters. The summed E-state index contributed by atoms with van der Waals surface area (Å²) in [6.07, 6.45) is -1.93. The van der Waals surface area contributed by atoms with Crippen LogP contribution in [-0.4, -0.2) is 60.6 Å². The molecule has 11 nitrogen and oxygen atoms in total. The van der Waals surface area contributed by atoms with E-state index in [0.29, 0.717) is 41.1 Å². The first-order valence-corrected chi connectivity index (χ1v) is 18.6. The van der Waals surface area contributed by atoms with Gasteiger partial charge in [-0.15, -0.1) is 0 Å². The predicted molar refractivity (Wildman–Crippen MR) is 213 cm³/mol. The molecular formula is C43H44F3N7O4. The van der Waals surface area contributed by atoms with E-state index in [9.17, 15) is 27.6 Å². The SMILES string of the molecule is CNc1cc(C2CCN(Cc3cccc(C(C)NC(=O)c4ccc5c(Oc6ccc(C(F)(F)F)cc6)cccc5c4)n3)CC2)ccc1C(N)=NC(=O)CCNC=O. The minimum Gasteiger partial charge on any atom is -0.457 e. The maximum absolute atomic E-state index is 13.4. The number of amidine groups is 1. The Kier molecular flexibility index (Phi) is 12.8. The first-order valence-electron chi connectivity index (χ1n) is 18.6. The average Bonchev–Trinajstić information content (AvgIpc) is 3.20. The number of alkyl halides is 3. The van der Waals surface area contributed by atoms with Gasteiger partial charge < -0.3 is 26.4 Å². The summed E-state index contributed by atoms with van der Waals surface area (Å²) in [7, 11) is 1.80. The van der Waals surface area contributed by atoms with Crippen molar-refractivity contribution in [2.75, 3.05) is 32.0 Å². The van der Waals surface area contributed by atoms with Gasteiger partial charge in [-0.25, -0.2) is 0 Å². The van der Waals surface area contributed by atoms with Crippen molar-refractivity contribution < 1.29 is 32.3 Å². The third-order valence-corrected chi connectivity index (χ3v) is 9.98. The van der Waals surface area contributed by atoms with E-state index in [2.05, 4.69) is 31.9 Å². The summed E-state index contributed by atoms with van der Waals surface area (Å²) >= 11 is 0. The topological polar surface area (TPSA) is 151 Å². The van der Waals surface area contributed by atoms with Crippen LogP contribution in [0.3, 0.4) is 0 Å². The Bertz CT molecular complexity index is 2250. The van der Waals surface area contributed by atoms with Crippen molar-refractivity contribution in [1.82, 2.24) is 20.5 Å². The Balaban J connectivity index is 1.03. The van der Waals surface area contributed by atoms with E-state index in [0.717, 1.165) is 60.5 Å². The first-order chi connectivity index (χ1) is 27.4. The van der Waals surface area contributed by atoms with Crippen molar-refractivity contribution in [3.8, 4) is 11.5 Å². The van der Waals surface area contributed by atoms with Crippen LogP contribution < -0.4 is 26.4 Å². The molecule has 14 heteroatoms. The van der Waals surface area contributed by atoms with Gasteiger partial charge in [0, 0.05) is 48.8 Å². The second-order valence-electron chi connectivity index (χ2n) is 13.9. The number of pyridine rings is 1. The van der Waals surface area contributed by atoms with Crippen LogP contribution in [0, 0.1) is 0 Å². The van der Waals surface area contributed by atoms with E-state index in [1.807, 2.05) is 43.3 Å². The molecule has 5 aromatic rings. The van der Waals surface area contributed by atoms with E-state index in [4.69, 9.17) is 15.5 Å². The van der Waals surface area contributed by atoms with Gasteiger partial charge in [-0.3, -0.25) is 24.3 Å². The lowest BCUT2D eigenvalue weighted by Gasteiger charge is -2.32. The van der Waals surface area contributed by atoms with E-state index < -0.39 is 17.6 Å². The number of hydrogen-bond acceptors (Lipinski definition) is 7. The highest BCUT2D eigenvalue weighted by molar-refractivity contribution is 6.07. The molecule has 3 amide bonds. The zero-order chi connectivity index (χ0) is 40.5. The second kappa shape index (κ2) is 18.1. The second-order valence-corrected chi connectivity index (χ2v) is 13.9. The molecule has 1 fully saturated rings.